The van der Waals surface area contributed by atoms with Gasteiger partial charge in [-0.1, -0.05) is 0 Å². The molecule has 0 aliphatic carbocycles. The molecule has 23 heavy (non-hydrogen) atoms. The average Bonchev–Trinajstić information content (AvgIpc) is 2.93. The van der Waals surface area contributed by atoms with Gasteiger partial charge in [0.15, 0.2) is 5.82 Å². The highest BCUT2D eigenvalue weighted by Gasteiger charge is 2.27. The van der Waals surface area contributed by atoms with E-state index in [0.29, 0.717) is 12.4 Å². The van der Waals surface area contributed by atoms with E-state index in [-0.39, 0.29) is 17.5 Å². The molecule has 2 aromatic rings. The molecular weight excluding hydrogens is 300 g/mol. The first-order valence-corrected chi connectivity index (χ1v) is 7.38. The Bertz CT molecular complexity index is 729. The Balaban J connectivity index is 1.89. The Kier molecular flexibility index (Phi) is 4.20. The number of pyridine rings is 1. The summed E-state index contributed by atoms with van der Waals surface area (Å²) >= 11 is 0. The second-order valence-electron chi connectivity index (χ2n) is 5.52. The molecule has 0 amide bonds. The summed E-state index contributed by atoms with van der Waals surface area (Å²) < 4.78 is 6.89. The highest BCUT2D eigenvalue weighted by molar-refractivity contribution is 5.57. The lowest BCUT2D eigenvalue weighted by Gasteiger charge is -2.23. The molecule has 1 atom stereocenters. The van der Waals surface area contributed by atoms with Gasteiger partial charge in [0.05, 0.1) is 11.0 Å². The number of aryl methyl sites for hydroxylation is 2. The van der Waals surface area contributed by atoms with Crippen LogP contribution in [0.4, 0.5) is 11.5 Å². The fourth-order valence-corrected chi connectivity index (χ4v) is 2.70. The van der Waals surface area contributed by atoms with Crippen molar-refractivity contribution in [3.63, 3.8) is 0 Å². The minimum Gasteiger partial charge on any atom is -0.377 e. The van der Waals surface area contributed by atoms with Gasteiger partial charge in [-0.05, 0) is 25.3 Å². The topological polar surface area (TPSA) is 108 Å². The van der Waals surface area contributed by atoms with Gasteiger partial charge >= 0.3 is 5.69 Å². The van der Waals surface area contributed by atoms with E-state index in [1.165, 1.54) is 6.07 Å². The van der Waals surface area contributed by atoms with Gasteiger partial charge in [0.25, 0.3) is 0 Å². The molecule has 0 aromatic carbocycles. The van der Waals surface area contributed by atoms with Crippen LogP contribution in [0.1, 0.15) is 36.1 Å². The maximum Gasteiger partial charge on any atom is 0.311 e. The minimum atomic E-state index is -0.424. The number of hydrogen-bond donors (Lipinski definition) is 1. The number of ether oxygens (including phenoxy) is 1. The maximum atomic E-state index is 11.2. The molecule has 0 saturated carbocycles. The highest BCUT2D eigenvalue weighted by atomic mass is 16.6. The SMILES string of the molecule is COCc1nc2n(n1)CCCC2Nc1ncc(C)cc1[N+](=O)[O-]. The maximum absolute atomic E-state index is 11.2. The molecule has 9 nitrogen and oxygen atoms in total. The fraction of sp³-hybridized carbons (Fsp3) is 0.500. The molecule has 3 rings (SSSR count). The van der Waals surface area contributed by atoms with Gasteiger partial charge in [0.1, 0.15) is 12.4 Å². The summed E-state index contributed by atoms with van der Waals surface area (Å²) in [5.74, 6) is 1.64. The first-order valence-electron chi connectivity index (χ1n) is 7.38. The first kappa shape index (κ1) is 15.3. The van der Waals surface area contributed by atoms with E-state index < -0.39 is 4.92 Å². The van der Waals surface area contributed by atoms with Gasteiger partial charge in [0, 0.05) is 25.9 Å². The van der Waals surface area contributed by atoms with Gasteiger partial charge in [-0.25, -0.2) is 14.6 Å². The van der Waals surface area contributed by atoms with E-state index in [9.17, 15) is 10.1 Å². The number of nitrogens with one attached hydrogen (secondary N) is 1. The average molecular weight is 318 g/mol. The van der Waals surface area contributed by atoms with Crippen LogP contribution in [-0.4, -0.2) is 31.8 Å². The van der Waals surface area contributed by atoms with Crippen molar-refractivity contribution < 1.29 is 9.66 Å². The molecule has 3 heterocycles. The Morgan fingerprint density at radius 3 is 3.13 bits per heavy atom. The van der Waals surface area contributed by atoms with E-state index in [1.54, 1.807) is 20.2 Å². The number of hydrogen-bond acceptors (Lipinski definition) is 7. The molecule has 1 aliphatic rings. The summed E-state index contributed by atoms with van der Waals surface area (Å²) in [6, 6.07) is 1.36. The smallest absolute Gasteiger partial charge is 0.311 e. The second kappa shape index (κ2) is 6.29. The zero-order valence-electron chi connectivity index (χ0n) is 13.0. The lowest BCUT2D eigenvalue weighted by molar-refractivity contribution is -0.384. The van der Waals surface area contributed by atoms with Crippen LogP contribution in [0.3, 0.4) is 0 Å². The van der Waals surface area contributed by atoms with Crippen molar-refractivity contribution in [1.82, 2.24) is 19.7 Å². The van der Waals surface area contributed by atoms with Crippen molar-refractivity contribution in [2.75, 3.05) is 12.4 Å². The second-order valence-corrected chi connectivity index (χ2v) is 5.52. The quantitative estimate of drug-likeness (QED) is 0.663. The van der Waals surface area contributed by atoms with Crippen LogP contribution >= 0.6 is 0 Å². The molecule has 0 saturated heterocycles. The Morgan fingerprint density at radius 1 is 1.57 bits per heavy atom. The lowest BCUT2D eigenvalue weighted by atomic mass is 10.1. The molecule has 0 bridgehead atoms. The van der Waals surface area contributed by atoms with E-state index in [4.69, 9.17) is 4.74 Å². The predicted molar refractivity (Wildman–Crippen MR) is 82.0 cm³/mol. The monoisotopic (exact) mass is 318 g/mol. The van der Waals surface area contributed by atoms with Crippen LogP contribution in [0.25, 0.3) is 0 Å². The summed E-state index contributed by atoms with van der Waals surface area (Å²) in [4.78, 5) is 19.5. The molecule has 1 N–H and O–H groups in total. The third kappa shape index (κ3) is 3.14. The molecule has 0 fully saturated rings. The normalized spacial score (nSPS) is 16.9. The zero-order chi connectivity index (χ0) is 16.4. The number of nitrogens with zero attached hydrogens (tertiary/aromatic N) is 5. The number of nitro groups is 1. The standard InChI is InChI=1S/C14H18N6O3/c1-9-6-11(20(21)22)13(15-7-9)16-10-4-3-5-19-14(10)17-12(18-19)8-23-2/h6-7,10H,3-5,8H2,1-2H3,(H,15,16). The van der Waals surface area contributed by atoms with Crippen LogP contribution < -0.4 is 5.32 Å². The third-order valence-corrected chi connectivity index (χ3v) is 3.70. The van der Waals surface area contributed by atoms with Crippen molar-refractivity contribution in [1.29, 1.82) is 0 Å². The summed E-state index contributed by atoms with van der Waals surface area (Å²) in [6.45, 7) is 2.90. The van der Waals surface area contributed by atoms with E-state index >= 15 is 0 Å². The Hall–Kier alpha value is -2.55. The number of rotatable bonds is 5. The van der Waals surface area contributed by atoms with E-state index in [0.717, 1.165) is 30.8 Å². The summed E-state index contributed by atoms with van der Waals surface area (Å²) in [7, 11) is 1.59. The van der Waals surface area contributed by atoms with Crippen LogP contribution in [-0.2, 0) is 17.9 Å². The van der Waals surface area contributed by atoms with Gasteiger partial charge in [-0.2, -0.15) is 5.10 Å². The van der Waals surface area contributed by atoms with Crippen LogP contribution in [0, 0.1) is 17.0 Å². The molecule has 0 spiro atoms. The Morgan fingerprint density at radius 2 is 2.39 bits per heavy atom. The predicted octanol–water partition coefficient (Wildman–Crippen LogP) is 1.98. The van der Waals surface area contributed by atoms with Gasteiger partial charge in [0.2, 0.25) is 5.82 Å². The molecule has 1 aliphatic heterocycles. The van der Waals surface area contributed by atoms with Crippen LogP contribution in [0.15, 0.2) is 12.3 Å². The number of anilines is 1. The zero-order valence-corrected chi connectivity index (χ0v) is 13.0. The molecule has 1 unspecified atom stereocenters. The number of methoxy groups -OCH3 is 1. The summed E-state index contributed by atoms with van der Waals surface area (Å²) in [6.07, 6.45) is 3.34. The van der Waals surface area contributed by atoms with Crippen molar-refractivity contribution in [2.45, 2.75) is 39.0 Å². The van der Waals surface area contributed by atoms with Gasteiger partial charge in [-0.3, -0.25) is 10.1 Å². The Labute approximate surface area is 132 Å². The lowest BCUT2D eigenvalue weighted by Crippen LogP contribution is -2.23. The molecule has 2 aromatic heterocycles. The van der Waals surface area contributed by atoms with Gasteiger partial charge in [-0.15, -0.1) is 0 Å². The van der Waals surface area contributed by atoms with Crippen molar-refractivity contribution in [2.24, 2.45) is 0 Å². The van der Waals surface area contributed by atoms with Crippen molar-refractivity contribution in [3.8, 4) is 0 Å². The largest absolute Gasteiger partial charge is 0.377 e. The van der Waals surface area contributed by atoms with Crippen molar-refractivity contribution in [3.05, 3.63) is 39.6 Å². The molecular formula is C14H18N6O3. The van der Waals surface area contributed by atoms with Crippen LogP contribution in [0.5, 0.6) is 0 Å². The highest BCUT2D eigenvalue weighted by Crippen LogP contribution is 2.31. The van der Waals surface area contributed by atoms with E-state index in [1.807, 2.05) is 4.68 Å². The van der Waals surface area contributed by atoms with Crippen LogP contribution in [0.2, 0.25) is 0 Å². The minimum absolute atomic E-state index is 0.0289. The summed E-state index contributed by atoms with van der Waals surface area (Å²) in [5.41, 5.74) is 0.718. The summed E-state index contributed by atoms with van der Waals surface area (Å²) in [5, 5.41) is 18.8. The molecule has 122 valence electrons. The number of aromatic nitrogens is 4. The first-order chi connectivity index (χ1) is 11.1. The molecule has 9 heteroatoms. The third-order valence-electron chi connectivity index (χ3n) is 3.70. The van der Waals surface area contributed by atoms with E-state index in [2.05, 4.69) is 20.4 Å². The number of fused-ring (bicyclic) bond motifs is 1. The van der Waals surface area contributed by atoms with Gasteiger partial charge < -0.3 is 10.1 Å². The van der Waals surface area contributed by atoms with Crippen molar-refractivity contribution >= 4 is 11.5 Å². The molecule has 0 radical (unpaired) electrons. The fourth-order valence-electron chi connectivity index (χ4n) is 2.70.